The van der Waals surface area contributed by atoms with Crippen LogP contribution >= 0.6 is 0 Å². The van der Waals surface area contributed by atoms with Gasteiger partial charge in [-0.05, 0) is 64.1 Å². The van der Waals surface area contributed by atoms with Crippen LogP contribution in [0.5, 0.6) is 5.75 Å². The highest BCUT2D eigenvalue weighted by Crippen LogP contribution is 2.37. The van der Waals surface area contributed by atoms with Gasteiger partial charge in [-0.2, -0.15) is 13.2 Å². The summed E-state index contributed by atoms with van der Waals surface area (Å²) in [5.74, 6) is -1.33. The number of hydrogen-bond acceptors (Lipinski definition) is 10. The highest BCUT2D eigenvalue weighted by atomic mass is 19.4. The number of rotatable bonds is 16. The Morgan fingerprint density at radius 3 is 2.02 bits per heavy atom. The van der Waals surface area contributed by atoms with Gasteiger partial charge in [0.1, 0.15) is 23.5 Å². The Bertz CT molecular complexity index is 1350. The van der Waals surface area contributed by atoms with E-state index in [0.29, 0.717) is 12.1 Å². The molecule has 3 amide bonds. The number of benzene rings is 2. The Labute approximate surface area is 262 Å². The number of nitro groups is 1. The van der Waals surface area contributed by atoms with Crippen molar-refractivity contribution in [3.63, 3.8) is 0 Å². The topological polar surface area (TPSA) is 188 Å². The van der Waals surface area contributed by atoms with E-state index in [-0.39, 0.29) is 50.8 Å². The molecule has 0 bridgehead atoms. The second kappa shape index (κ2) is 16.7. The molecule has 0 aliphatic heterocycles. The van der Waals surface area contributed by atoms with E-state index in [1.165, 1.54) is 24.3 Å². The second-order valence-corrected chi connectivity index (χ2v) is 10.9. The number of amides is 3. The molecule has 17 heteroatoms. The fraction of sp³-hybridized carbons (Fsp3) is 0.483. The number of ether oxygens (including phenoxy) is 4. The number of carbonyl (C=O) groups excluding carboxylic acids is 3. The number of nitro benzene ring substituents is 1. The van der Waals surface area contributed by atoms with Crippen LogP contribution in [0.4, 0.5) is 29.3 Å². The zero-order valence-electron chi connectivity index (χ0n) is 25.7. The van der Waals surface area contributed by atoms with Gasteiger partial charge in [0.2, 0.25) is 0 Å². The standard InChI is InChI=1S/C29H37F3N4O10/c1-27(2,3)46-26(39)34-12-14-44-16-15-43-13-11-33-24(37)19-5-8-21(9-6-19)45-18-28(4,40)25(38)35-20-7-10-23(36(41)42)22(17-20)29(30,31)32/h5-10,17,40H,11-16,18H2,1-4H3,(H,33,37)(H,34,39)(H,35,38)/t28-/m0/s1. The van der Waals surface area contributed by atoms with Crippen molar-refractivity contribution < 1.29 is 56.5 Å². The highest BCUT2D eigenvalue weighted by molar-refractivity contribution is 5.97. The predicted octanol–water partition coefficient (Wildman–Crippen LogP) is 3.67. The number of alkyl halides is 3. The number of carbonyl (C=O) groups is 3. The van der Waals surface area contributed by atoms with E-state index < -0.39 is 63.8 Å². The molecule has 46 heavy (non-hydrogen) atoms. The number of halogens is 3. The zero-order chi connectivity index (χ0) is 34.5. The molecular weight excluding hydrogens is 621 g/mol. The Hall–Kier alpha value is -4.48. The molecule has 0 fully saturated rings. The van der Waals surface area contributed by atoms with Crippen molar-refractivity contribution in [2.75, 3.05) is 51.4 Å². The molecule has 4 N–H and O–H groups in total. The first-order valence-electron chi connectivity index (χ1n) is 13.9. The quantitative estimate of drug-likeness (QED) is 0.118. The van der Waals surface area contributed by atoms with E-state index in [1.807, 2.05) is 0 Å². The van der Waals surface area contributed by atoms with Crippen molar-refractivity contribution in [2.24, 2.45) is 0 Å². The lowest BCUT2D eigenvalue weighted by atomic mass is 10.1. The van der Waals surface area contributed by atoms with E-state index in [0.717, 1.165) is 13.0 Å². The lowest BCUT2D eigenvalue weighted by Crippen LogP contribution is -2.45. The van der Waals surface area contributed by atoms with Gasteiger partial charge in [0.15, 0.2) is 5.60 Å². The maximum absolute atomic E-state index is 13.2. The van der Waals surface area contributed by atoms with Gasteiger partial charge in [0.05, 0.1) is 31.4 Å². The minimum Gasteiger partial charge on any atom is -0.490 e. The number of anilines is 1. The molecule has 0 saturated heterocycles. The molecule has 0 heterocycles. The van der Waals surface area contributed by atoms with Crippen LogP contribution in [0.2, 0.25) is 0 Å². The van der Waals surface area contributed by atoms with Gasteiger partial charge in [0, 0.05) is 30.4 Å². The lowest BCUT2D eigenvalue weighted by molar-refractivity contribution is -0.388. The SMILES string of the molecule is CC(C)(C)OC(=O)NCCOCCOCCNC(=O)c1ccc(OC[C@](C)(O)C(=O)Nc2ccc([N+](=O)[O-])c(C(F)(F)F)c2)cc1. The van der Waals surface area contributed by atoms with Crippen molar-refractivity contribution in [3.8, 4) is 5.75 Å². The van der Waals surface area contributed by atoms with Crippen LogP contribution in [0.1, 0.15) is 43.6 Å². The van der Waals surface area contributed by atoms with Crippen LogP contribution in [0.3, 0.4) is 0 Å². The van der Waals surface area contributed by atoms with Crippen LogP contribution in [0.15, 0.2) is 42.5 Å². The number of alkyl carbamates (subject to hydrolysis) is 1. The fourth-order valence-corrected chi connectivity index (χ4v) is 3.46. The van der Waals surface area contributed by atoms with Crippen molar-refractivity contribution in [3.05, 3.63) is 63.7 Å². The first kappa shape index (κ1) is 37.7. The predicted molar refractivity (Wildman–Crippen MR) is 157 cm³/mol. The van der Waals surface area contributed by atoms with Gasteiger partial charge in [0.25, 0.3) is 17.5 Å². The molecule has 2 aromatic rings. The molecule has 2 rings (SSSR count). The number of nitrogens with zero attached hydrogens (tertiary/aromatic N) is 1. The molecule has 0 spiro atoms. The normalized spacial score (nSPS) is 12.9. The monoisotopic (exact) mass is 658 g/mol. The summed E-state index contributed by atoms with van der Waals surface area (Å²) < 4.78 is 60.9. The second-order valence-electron chi connectivity index (χ2n) is 10.9. The van der Waals surface area contributed by atoms with E-state index in [4.69, 9.17) is 18.9 Å². The summed E-state index contributed by atoms with van der Waals surface area (Å²) in [6.45, 7) is 7.31. The van der Waals surface area contributed by atoms with Crippen LogP contribution in [-0.2, 0) is 25.2 Å². The van der Waals surface area contributed by atoms with Gasteiger partial charge in [-0.25, -0.2) is 4.79 Å². The van der Waals surface area contributed by atoms with E-state index in [9.17, 15) is 42.8 Å². The summed E-state index contributed by atoms with van der Waals surface area (Å²) in [4.78, 5) is 46.1. The molecule has 1 atom stereocenters. The number of aliphatic hydroxyl groups is 1. The molecule has 0 aromatic heterocycles. The lowest BCUT2D eigenvalue weighted by Gasteiger charge is -2.23. The summed E-state index contributed by atoms with van der Waals surface area (Å²) in [5, 5.41) is 28.8. The molecule has 14 nitrogen and oxygen atoms in total. The summed E-state index contributed by atoms with van der Waals surface area (Å²) in [6.07, 6.45) is -5.58. The van der Waals surface area contributed by atoms with Crippen LogP contribution in [0.25, 0.3) is 0 Å². The largest absolute Gasteiger partial charge is 0.490 e. The third-order valence-corrected chi connectivity index (χ3v) is 5.70. The van der Waals surface area contributed by atoms with Crippen LogP contribution in [0, 0.1) is 10.1 Å². The summed E-state index contributed by atoms with van der Waals surface area (Å²) in [6, 6.07) is 7.62. The minimum atomic E-state index is -5.05. The van der Waals surface area contributed by atoms with Crippen molar-refractivity contribution >= 4 is 29.3 Å². The first-order chi connectivity index (χ1) is 21.4. The molecular formula is C29H37F3N4O10. The Balaban J connectivity index is 1.70. The first-order valence-corrected chi connectivity index (χ1v) is 13.9. The third kappa shape index (κ3) is 13.3. The van der Waals surface area contributed by atoms with Gasteiger partial charge in [-0.1, -0.05) is 0 Å². The van der Waals surface area contributed by atoms with Crippen molar-refractivity contribution in [1.82, 2.24) is 10.6 Å². The average molecular weight is 659 g/mol. The van der Waals surface area contributed by atoms with E-state index in [1.54, 1.807) is 20.8 Å². The van der Waals surface area contributed by atoms with Gasteiger partial charge < -0.3 is 40.0 Å². The molecule has 0 saturated carbocycles. The molecule has 0 aliphatic rings. The smallest absolute Gasteiger partial charge is 0.423 e. The Kier molecular flexibility index (Phi) is 13.7. The average Bonchev–Trinajstić information content (AvgIpc) is 2.95. The maximum atomic E-state index is 13.2. The molecule has 0 radical (unpaired) electrons. The molecule has 0 unspecified atom stereocenters. The van der Waals surface area contributed by atoms with Crippen LogP contribution in [-0.4, -0.2) is 85.3 Å². The number of hydrogen-bond donors (Lipinski definition) is 4. The molecule has 2 aromatic carbocycles. The maximum Gasteiger partial charge on any atom is 0.423 e. The summed E-state index contributed by atoms with van der Waals surface area (Å²) in [5.41, 5.74) is -5.66. The van der Waals surface area contributed by atoms with Crippen molar-refractivity contribution in [1.29, 1.82) is 0 Å². The van der Waals surface area contributed by atoms with Crippen LogP contribution < -0.4 is 20.7 Å². The summed E-state index contributed by atoms with van der Waals surface area (Å²) >= 11 is 0. The van der Waals surface area contributed by atoms with Gasteiger partial charge in [-0.15, -0.1) is 0 Å². The third-order valence-electron chi connectivity index (χ3n) is 5.70. The fourth-order valence-electron chi connectivity index (χ4n) is 3.46. The van der Waals surface area contributed by atoms with E-state index in [2.05, 4.69) is 16.0 Å². The highest BCUT2D eigenvalue weighted by Gasteiger charge is 2.39. The van der Waals surface area contributed by atoms with Crippen molar-refractivity contribution in [2.45, 2.75) is 45.1 Å². The molecule has 254 valence electrons. The molecule has 0 aliphatic carbocycles. The Morgan fingerprint density at radius 2 is 1.48 bits per heavy atom. The van der Waals surface area contributed by atoms with Gasteiger partial charge in [-0.3, -0.25) is 19.7 Å². The van der Waals surface area contributed by atoms with E-state index >= 15 is 0 Å². The zero-order valence-corrected chi connectivity index (χ0v) is 25.7. The number of nitrogens with one attached hydrogen (secondary N) is 3. The summed E-state index contributed by atoms with van der Waals surface area (Å²) in [7, 11) is 0. The Morgan fingerprint density at radius 1 is 0.891 bits per heavy atom. The minimum absolute atomic E-state index is 0.184. The van der Waals surface area contributed by atoms with Gasteiger partial charge >= 0.3 is 12.3 Å².